The highest BCUT2D eigenvalue weighted by molar-refractivity contribution is 7.80. The molecule has 0 saturated heterocycles. The summed E-state index contributed by atoms with van der Waals surface area (Å²) < 4.78 is 0. The number of anilines is 1. The largest absolute Gasteiger partial charge is 0.481 e. The molecule has 168 valence electrons. The van der Waals surface area contributed by atoms with Crippen molar-refractivity contribution in [1.82, 2.24) is 10.2 Å². The molecule has 0 spiro atoms. The molecular formula is C21H22N4O5S2. The monoisotopic (exact) mass is 474 g/mol. The SMILES string of the molecule is O=C(CNC(=S)Nc1ccc(N=C=S)cc1)C[C@@H](CCCCN1C(=O)C=CC1=O)C(=O)O. The Morgan fingerprint density at radius 2 is 1.78 bits per heavy atom. The van der Waals surface area contributed by atoms with Crippen LogP contribution < -0.4 is 10.6 Å². The molecule has 1 aromatic rings. The number of nitrogens with zero attached hydrogens (tertiary/aromatic N) is 2. The van der Waals surface area contributed by atoms with Crippen LogP contribution in [-0.4, -0.2) is 56.9 Å². The molecule has 0 saturated carbocycles. The van der Waals surface area contributed by atoms with Gasteiger partial charge in [0.05, 0.1) is 23.3 Å². The van der Waals surface area contributed by atoms with Crippen LogP contribution in [0.15, 0.2) is 41.4 Å². The van der Waals surface area contributed by atoms with E-state index in [9.17, 15) is 24.3 Å². The Kier molecular flexibility index (Phi) is 9.80. The van der Waals surface area contributed by atoms with Gasteiger partial charge in [0.1, 0.15) is 0 Å². The van der Waals surface area contributed by atoms with Gasteiger partial charge in [0, 0.05) is 30.8 Å². The smallest absolute Gasteiger partial charge is 0.306 e. The lowest BCUT2D eigenvalue weighted by atomic mass is 9.96. The third-order valence-corrected chi connectivity index (χ3v) is 4.99. The van der Waals surface area contributed by atoms with Crippen molar-refractivity contribution in [1.29, 1.82) is 0 Å². The van der Waals surface area contributed by atoms with Gasteiger partial charge in [-0.25, -0.2) is 0 Å². The molecule has 0 fully saturated rings. The molecule has 2 amide bonds. The van der Waals surface area contributed by atoms with Crippen molar-refractivity contribution in [2.75, 3.05) is 18.4 Å². The van der Waals surface area contributed by atoms with Gasteiger partial charge in [-0.15, -0.1) is 0 Å². The predicted molar refractivity (Wildman–Crippen MR) is 126 cm³/mol. The number of isothiocyanates is 1. The number of ketones is 1. The molecule has 0 bridgehead atoms. The Hall–Kier alpha value is -3.27. The lowest BCUT2D eigenvalue weighted by molar-refractivity contribution is -0.144. The summed E-state index contributed by atoms with van der Waals surface area (Å²) in [4.78, 5) is 51.6. The first-order valence-electron chi connectivity index (χ1n) is 9.81. The second-order valence-corrected chi connectivity index (χ2v) is 7.58. The lowest BCUT2D eigenvalue weighted by Crippen LogP contribution is -2.34. The normalized spacial score (nSPS) is 13.4. The molecule has 3 N–H and O–H groups in total. The molecule has 1 aliphatic heterocycles. The van der Waals surface area contributed by atoms with Crippen LogP contribution in [0.25, 0.3) is 0 Å². The maximum atomic E-state index is 12.2. The summed E-state index contributed by atoms with van der Waals surface area (Å²) in [7, 11) is 0. The highest BCUT2D eigenvalue weighted by Gasteiger charge is 2.24. The minimum atomic E-state index is -1.06. The van der Waals surface area contributed by atoms with Gasteiger partial charge in [-0.2, -0.15) is 4.99 Å². The van der Waals surface area contributed by atoms with Crippen molar-refractivity contribution in [2.24, 2.45) is 10.9 Å². The molecule has 0 radical (unpaired) electrons. The number of benzene rings is 1. The first-order chi connectivity index (χ1) is 15.3. The van der Waals surface area contributed by atoms with Gasteiger partial charge >= 0.3 is 5.97 Å². The average Bonchev–Trinajstić information content (AvgIpc) is 3.07. The van der Waals surface area contributed by atoms with Crippen LogP contribution in [0.4, 0.5) is 11.4 Å². The second kappa shape index (κ2) is 12.6. The van der Waals surface area contributed by atoms with Gasteiger partial charge < -0.3 is 15.7 Å². The molecule has 32 heavy (non-hydrogen) atoms. The summed E-state index contributed by atoms with van der Waals surface area (Å²) in [6, 6.07) is 6.92. The average molecular weight is 475 g/mol. The van der Waals surface area contributed by atoms with E-state index < -0.39 is 11.9 Å². The van der Waals surface area contributed by atoms with Crippen LogP contribution in [0.1, 0.15) is 25.7 Å². The van der Waals surface area contributed by atoms with Crippen molar-refractivity contribution >= 4 is 69.7 Å². The zero-order valence-corrected chi connectivity index (χ0v) is 18.7. The molecule has 1 aliphatic rings. The number of imide groups is 1. The van der Waals surface area contributed by atoms with Crippen LogP contribution in [0, 0.1) is 5.92 Å². The summed E-state index contributed by atoms with van der Waals surface area (Å²) in [5.41, 5.74) is 1.33. The van der Waals surface area contributed by atoms with E-state index in [-0.39, 0.29) is 48.6 Å². The number of carbonyl (C=O) groups excluding carboxylic acids is 3. The van der Waals surface area contributed by atoms with E-state index in [1.165, 1.54) is 12.2 Å². The highest BCUT2D eigenvalue weighted by Crippen LogP contribution is 2.16. The third-order valence-electron chi connectivity index (χ3n) is 4.65. The molecule has 11 heteroatoms. The first kappa shape index (κ1) is 25.0. The maximum absolute atomic E-state index is 12.2. The number of carboxylic acid groups (broad SMARTS) is 1. The number of carboxylic acids is 1. The number of Topliss-reactive ketones (excluding diaryl/α,β-unsaturated/α-hetero) is 1. The Labute approximate surface area is 195 Å². The molecule has 1 aromatic carbocycles. The van der Waals surface area contributed by atoms with Crippen LogP contribution in [0.2, 0.25) is 0 Å². The van der Waals surface area contributed by atoms with E-state index >= 15 is 0 Å². The Bertz CT molecular complexity index is 953. The van der Waals surface area contributed by atoms with E-state index in [0.717, 1.165) is 4.90 Å². The maximum Gasteiger partial charge on any atom is 0.306 e. The van der Waals surface area contributed by atoms with Gasteiger partial charge in [0.2, 0.25) is 0 Å². The van der Waals surface area contributed by atoms with Crippen molar-refractivity contribution in [3.8, 4) is 0 Å². The number of amides is 2. The highest BCUT2D eigenvalue weighted by atomic mass is 32.1. The van der Waals surface area contributed by atoms with Gasteiger partial charge in [0.15, 0.2) is 10.9 Å². The van der Waals surface area contributed by atoms with E-state index in [4.69, 9.17) is 12.2 Å². The zero-order valence-electron chi connectivity index (χ0n) is 17.1. The van der Waals surface area contributed by atoms with Crippen molar-refractivity contribution in [2.45, 2.75) is 25.7 Å². The van der Waals surface area contributed by atoms with Crippen LogP contribution in [0.5, 0.6) is 0 Å². The van der Waals surface area contributed by atoms with Crippen LogP contribution >= 0.6 is 24.4 Å². The fourth-order valence-corrected chi connectivity index (χ4v) is 3.29. The number of rotatable bonds is 12. The van der Waals surface area contributed by atoms with E-state index in [2.05, 4.69) is 33.0 Å². The molecular weight excluding hydrogens is 452 g/mol. The molecule has 1 heterocycles. The Morgan fingerprint density at radius 3 is 2.38 bits per heavy atom. The number of unbranched alkanes of at least 4 members (excludes halogenated alkanes) is 1. The van der Waals surface area contributed by atoms with Crippen LogP contribution in [-0.2, 0) is 19.2 Å². The van der Waals surface area contributed by atoms with Gasteiger partial charge in [0.25, 0.3) is 11.8 Å². The summed E-state index contributed by atoms with van der Waals surface area (Å²) >= 11 is 9.69. The quantitative estimate of drug-likeness (QED) is 0.181. The predicted octanol–water partition coefficient (Wildman–Crippen LogP) is 2.46. The Morgan fingerprint density at radius 1 is 1.12 bits per heavy atom. The number of aliphatic imine (C=N–C) groups is 1. The summed E-state index contributed by atoms with van der Waals surface area (Å²) in [6.07, 6.45) is 3.48. The van der Waals surface area contributed by atoms with Crippen molar-refractivity contribution in [3.05, 3.63) is 36.4 Å². The lowest BCUT2D eigenvalue weighted by Gasteiger charge is -2.15. The van der Waals surface area contributed by atoms with Crippen molar-refractivity contribution in [3.63, 3.8) is 0 Å². The van der Waals surface area contributed by atoms with E-state index in [1.54, 1.807) is 24.3 Å². The minimum Gasteiger partial charge on any atom is -0.481 e. The molecule has 0 aliphatic carbocycles. The molecule has 2 rings (SSSR count). The number of hydrogen-bond donors (Lipinski definition) is 3. The fourth-order valence-electron chi connectivity index (χ4n) is 3.00. The van der Waals surface area contributed by atoms with Gasteiger partial charge in [-0.1, -0.05) is 6.42 Å². The second-order valence-electron chi connectivity index (χ2n) is 6.99. The van der Waals surface area contributed by atoms with E-state index in [1.807, 2.05) is 0 Å². The molecule has 0 aromatic heterocycles. The Balaban J connectivity index is 1.70. The summed E-state index contributed by atoms with van der Waals surface area (Å²) in [5, 5.41) is 17.6. The molecule has 0 unspecified atom stereocenters. The number of hydrogen-bond acceptors (Lipinski definition) is 7. The zero-order chi connectivity index (χ0) is 23.5. The third kappa shape index (κ3) is 8.10. The minimum absolute atomic E-state index is 0.106. The van der Waals surface area contributed by atoms with Crippen LogP contribution in [0.3, 0.4) is 0 Å². The van der Waals surface area contributed by atoms with Gasteiger partial charge in [-0.05, 0) is 61.5 Å². The first-order valence-corrected chi connectivity index (χ1v) is 10.6. The fraction of sp³-hybridized carbons (Fsp3) is 0.333. The number of nitrogens with one attached hydrogen (secondary N) is 2. The molecule has 9 nitrogen and oxygen atoms in total. The number of aliphatic carboxylic acids is 1. The van der Waals surface area contributed by atoms with E-state index in [0.29, 0.717) is 24.2 Å². The molecule has 1 atom stereocenters. The van der Waals surface area contributed by atoms with Crippen molar-refractivity contribution < 1.29 is 24.3 Å². The van der Waals surface area contributed by atoms with Gasteiger partial charge in [-0.3, -0.25) is 24.1 Å². The topological polar surface area (TPSA) is 128 Å². The number of thiocarbonyl (C=S) groups is 2. The number of carbonyl (C=O) groups is 4. The standard InChI is InChI=1S/C21H22N4O5S2/c26-17(12-22-21(32)24-16-6-4-15(5-7-16)23-13-31)11-14(20(29)30)3-1-2-10-25-18(27)8-9-19(25)28/h4-9,14H,1-3,10-12H2,(H,29,30)(H2,22,24,32)/t14-/m1/s1. The summed E-state index contributed by atoms with van der Waals surface area (Å²) in [6.45, 7) is 0.122. The summed E-state index contributed by atoms with van der Waals surface area (Å²) in [5.74, 6) is -2.93.